The molecule has 0 heterocycles. The first-order chi connectivity index (χ1) is 6.70. The summed E-state index contributed by atoms with van der Waals surface area (Å²) in [6.07, 6.45) is 5.01. The molecule has 0 bridgehead atoms. The molecule has 1 aromatic rings. The molecule has 0 N–H and O–H groups in total. The lowest BCUT2D eigenvalue weighted by Gasteiger charge is -2.21. The third-order valence-corrected chi connectivity index (χ3v) is 2.28. The third-order valence-electron chi connectivity index (χ3n) is 2.28. The molecule has 70 valence electrons. The average Bonchev–Trinajstić information content (AvgIpc) is 2.18. The van der Waals surface area contributed by atoms with Crippen molar-refractivity contribution in [2.24, 2.45) is 0 Å². The largest absolute Gasteiger partial charge is 0.263 e. The first kappa shape index (κ1) is 9.19. The van der Waals surface area contributed by atoms with Gasteiger partial charge in [-0.25, -0.2) is 0 Å². The summed E-state index contributed by atoms with van der Waals surface area (Å²) in [7, 11) is 0. The van der Waals surface area contributed by atoms with Gasteiger partial charge in [-0.15, -0.1) is 0 Å². The van der Waals surface area contributed by atoms with Crippen LogP contribution in [0, 0.1) is 0 Å². The molecule has 0 saturated carbocycles. The molecule has 2 heteroatoms. The normalized spacial score (nSPS) is 19.1. The van der Waals surface area contributed by atoms with Gasteiger partial charge in [0.25, 0.3) is 5.79 Å². The van der Waals surface area contributed by atoms with E-state index in [0.29, 0.717) is 5.57 Å². The lowest BCUT2D eigenvalue weighted by atomic mass is 9.92. The van der Waals surface area contributed by atoms with E-state index in [1.165, 1.54) is 0 Å². The lowest BCUT2D eigenvalue weighted by Crippen LogP contribution is -2.26. The van der Waals surface area contributed by atoms with Gasteiger partial charge in [0.1, 0.15) is 0 Å². The maximum atomic E-state index is 11.6. The quantitative estimate of drug-likeness (QED) is 0.605. The highest BCUT2D eigenvalue weighted by atomic mass is 16.5. The Morgan fingerprint density at radius 3 is 2.43 bits per heavy atom. The molecule has 1 aliphatic rings. The molecule has 0 amide bonds. The first-order valence-corrected chi connectivity index (χ1v) is 4.54. The van der Waals surface area contributed by atoms with Crippen LogP contribution in [0.15, 0.2) is 48.6 Å². The molecule has 0 fully saturated rings. The van der Waals surface area contributed by atoms with Crippen molar-refractivity contribution in [3.63, 3.8) is 0 Å². The summed E-state index contributed by atoms with van der Waals surface area (Å²) in [6, 6.07) is 9.08. The summed E-state index contributed by atoms with van der Waals surface area (Å²) in [5, 5.41) is 23.2. The smallest absolute Gasteiger partial charge is 0.189 e. The summed E-state index contributed by atoms with van der Waals surface area (Å²) in [5.41, 5.74) is 1.06. The van der Waals surface area contributed by atoms with Crippen molar-refractivity contribution in [3.8, 4) is 0 Å². The highest BCUT2D eigenvalue weighted by molar-refractivity contribution is 5.73. The topological polar surface area (TPSA) is 39.8 Å². The second-order valence-corrected chi connectivity index (χ2v) is 3.33. The molecule has 2 nitrogen and oxygen atoms in total. The Labute approximate surface area is 82.8 Å². The van der Waals surface area contributed by atoms with Gasteiger partial charge in [0.05, 0.1) is 0 Å². The van der Waals surface area contributed by atoms with Gasteiger partial charge in [-0.05, 0) is 5.56 Å². The number of rotatable bonds is 1. The van der Waals surface area contributed by atoms with E-state index in [1.54, 1.807) is 30.4 Å². The van der Waals surface area contributed by atoms with Crippen LogP contribution < -0.4 is 0 Å². The fourth-order valence-electron chi connectivity index (χ4n) is 1.56. The van der Waals surface area contributed by atoms with Crippen molar-refractivity contribution in [3.05, 3.63) is 54.1 Å². The zero-order chi connectivity index (χ0) is 10.0. The fraction of sp³-hybridized carbons (Fsp3) is 0.167. The molecular weight excluding hydrogens is 176 g/mol. The predicted octanol–water partition coefficient (Wildman–Crippen LogP) is 2.59. The summed E-state index contributed by atoms with van der Waals surface area (Å²) < 4.78 is 0. The van der Waals surface area contributed by atoms with Crippen LogP contribution in [0.3, 0.4) is 0 Å². The van der Waals surface area contributed by atoms with Crippen molar-refractivity contribution < 1.29 is 10.2 Å². The molecule has 0 aromatic heterocycles. The van der Waals surface area contributed by atoms with Gasteiger partial charge in [-0.3, -0.25) is 0 Å². The highest BCUT2D eigenvalue weighted by Crippen LogP contribution is 2.32. The van der Waals surface area contributed by atoms with Crippen LogP contribution in [-0.2, 0) is 10.2 Å². The van der Waals surface area contributed by atoms with Gasteiger partial charge < -0.3 is 0 Å². The van der Waals surface area contributed by atoms with Gasteiger partial charge in [-0.2, -0.15) is 10.2 Å². The summed E-state index contributed by atoms with van der Waals surface area (Å²) >= 11 is 0. The number of hydrogen-bond acceptors (Lipinski definition) is 0. The van der Waals surface area contributed by atoms with E-state index in [-0.39, 0.29) is 6.42 Å². The number of benzene rings is 1. The molecule has 2 radical (unpaired) electrons. The molecule has 0 atom stereocenters. The monoisotopic (exact) mass is 186 g/mol. The summed E-state index contributed by atoms with van der Waals surface area (Å²) in [5.74, 6) is -2.23. The van der Waals surface area contributed by atoms with E-state index in [2.05, 4.69) is 0 Å². The van der Waals surface area contributed by atoms with Crippen LogP contribution in [0.1, 0.15) is 12.0 Å². The van der Waals surface area contributed by atoms with Crippen LogP contribution >= 0.6 is 0 Å². The number of hydrogen-bond donors (Lipinski definition) is 0. The molecule has 0 aliphatic heterocycles. The Bertz CT molecular complexity index is 375. The minimum absolute atomic E-state index is 0.0216. The highest BCUT2D eigenvalue weighted by Gasteiger charge is 2.33. The van der Waals surface area contributed by atoms with E-state index in [1.807, 2.05) is 18.2 Å². The minimum atomic E-state index is -2.23. The van der Waals surface area contributed by atoms with Crippen molar-refractivity contribution in [1.82, 2.24) is 0 Å². The minimum Gasteiger partial charge on any atom is -0.189 e. The Morgan fingerprint density at radius 1 is 1.07 bits per heavy atom. The molecule has 0 saturated heterocycles. The zero-order valence-electron chi connectivity index (χ0n) is 7.64. The van der Waals surface area contributed by atoms with Gasteiger partial charge in [-0.1, -0.05) is 48.6 Å². The lowest BCUT2D eigenvalue weighted by molar-refractivity contribution is -0.195. The van der Waals surface area contributed by atoms with Crippen molar-refractivity contribution in [2.45, 2.75) is 12.2 Å². The first-order valence-electron chi connectivity index (χ1n) is 4.54. The molecule has 0 spiro atoms. The fourth-order valence-corrected chi connectivity index (χ4v) is 1.56. The predicted molar refractivity (Wildman–Crippen MR) is 52.3 cm³/mol. The molecule has 14 heavy (non-hydrogen) atoms. The average molecular weight is 186 g/mol. The molecule has 2 rings (SSSR count). The Kier molecular flexibility index (Phi) is 2.23. The van der Waals surface area contributed by atoms with Gasteiger partial charge >= 0.3 is 0 Å². The van der Waals surface area contributed by atoms with Gasteiger partial charge in [0, 0.05) is 12.0 Å². The van der Waals surface area contributed by atoms with E-state index in [9.17, 15) is 10.2 Å². The van der Waals surface area contributed by atoms with E-state index >= 15 is 0 Å². The molecule has 1 aromatic carbocycles. The van der Waals surface area contributed by atoms with Gasteiger partial charge in [0.15, 0.2) is 0 Å². The Balaban J connectivity index is 2.43. The number of allylic oxidation sites excluding steroid dienone is 2. The van der Waals surface area contributed by atoms with E-state index in [4.69, 9.17) is 0 Å². The second-order valence-electron chi connectivity index (χ2n) is 3.33. The molecule has 0 unspecified atom stereocenters. The molecule has 1 aliphatic carbocycles. The van der Waals surface area contributed by atoms with Crippen LogP contribution in [0.2, 0.25) is 0 Å². The molecular formula is C12H10O2. The van der Waals surface area contributed by atoms with Crippen molar-refractivity contribution in [1.29, 1.82) is 0 Å². The SMILES string of the molecule is [O]C1([O])CC=CC=C1c1ccccc1. The van der Waals surface area contributed by atoms with Crippen LogP contribution in [-0.4, -0.2) is 5.79 Å². The summed E-state index contributed by atoms with van der Waals surface area (Å²) in [4.78, 5) is 0. The zero-order valence-corrected chi connectivity index (χ0v) is 7.64. The Morgan fingerprint density at radius 2 is 1.79 bits per heavy atom. The standard InChI is InChI=1S/C12H10O2/c13-12(14)9-5-4-8-11(12)10-6-2-1-3-7-10/h1-8H,9H2. The van der Waals surface area contributed by atoms with Crippen LogP contribution in [0.5, 0.6) is 0 Å². The Hall–Kier alpha value is -1.38. The van der Waals surface area contributed by atoms with Crippen LogP contribution in [0.25, 0.3) is 5.57 Å². The maximum Gasteiger partial charge on any atom is 0.263 e. The third kappa shape index (κ3) is 1.62. The second kappa shape index (κ2) is 3.40. The van der Waals surface area contributed by atoms with E-state index in [0.717, 1.165) is 5.56 Å². The summed E-state index contributed by atoms with van der Waals surface area (Å²) in [6.45, 7) is 0. The van der Waals surface area contributed by atoms with Gasteiger partial charge in [0.2, 0.25) is 0 Å². The van der Waals surface area contributed by atoms with Crippen LogP contribution in [0.4, 0.5) is 0 Å². The maximum absolute atomic E-state index is 11.6. The van der Waals surface area contributed by atoms with Crippen molar-refractivity contribution >= 4 is 5.57 Å². The van der Waals surface area contributed by atoms with E-state index < -0.39 is 5.79 Å². The van der Waals surface area contributed by atoms with Crippen molar-refractivity contribution in [2.75, 3.05) is 0 Å².